The van der Waals surface area contributed by atoms with Crippen molar-refractivity contribution in [3.05, 3.63) is 29.8 Å². The quantitative estimate of drug-likeness (QED) is 0.842. The zero-order valence-corrected chi connectivity index (χ0v) is 13.0. The molecule has 2 N–H and O–H groups in total. The highest BCUT2D eigenvalue weighted by Crippen LogP contribution is 2.21. The van der Waals surface area contributed by atoms with Crippen LogP contribution in [0.4, 0.5) is 0 Å². The highest BCUT2D eigenvalue weighted by Gasteiger charge is 2.23. The van der Waals surface area contributed by atoms with Crippen LogP contribution in [0.15, 0.2) is 24.3 Å². The van der Waals surface area contributed by atoms with Crippen LogP contribution in [-0.2, 0) is 16.0 Å². The van der Waals surface area contributed by atoms with Crippen LogP contribution in [0.1, 0.15) is 40.2 Å². The van der Waals surface area contributed by atoms with Gasteiger partial charge < -0.3 is 15.2 Å². The summed E-state index contributed by atoms with van der Waals surface area (Å²) in [5.74, 6) is 0.373. The second-order valence-corrected chi connectivity index (χ2v) is 6.12. The molecule has 20 heavy (non-hydrogen) atoms. The summed E-state index contributed by atoms with van der Waals surface area (Å²) in [4.78, 5) is 11.9. The number of benzene rings is 1. The number of nitrogens with two attached hydrogens (primary N) is 1. The van der Waals surface area contributed by atoms with Crippen molar-refractivity contribution in [2.45, 2.75) is 58.8 Å². The Morgan fingerprint density at radius 3 is 2.40 bits per heavy atom. The van der Waals surface area contributed by atoms with Gasteiger partial charge in [0.2, 0.25) is 0 Å². The van der Waals surface area contributed by atoms with E-state index in [0.29, 0.717) is 6.42 Å². The fourth-order valence-corrected chi connectivity index (χ4v) is 1.74. The number of rotatable bonds is 5. The third-order valence-electron chi connectivity index (χ3n) is 2.48. The van der Waals surface area contributed by atoms with Crippen LogP contribution >= 0.6 is 0 Å². The fraction of sp³-hybridized carbons (Fsp3) is 0.562. The maximum atomic E-state index is 11.9. The van der Waals surface area contributed by atoms with Crippen LogP contribution in [-0.4, -0.2) is 23.7 Å². The highest BCUT2D eigenvalue weighted by atomic mass is 16.6. The summed E-state index contributed by atoms with van der Waals surface area (Å²) >= 11 is 0. The lowest BCUT2D eigenvalue weighted by Gasteiger charge is -2.22. The van der Waals surface area contributed by atoms with Crippen LogP contribution in [0.5, 0.6) is 5.75 Å². The molecule has 4 nitrogen and oxygen atoms in total. The third-order valence-corrected chi connectivity index (χ3v) is 2.48. The van der Waals surface area contributed by atoms with Gasteiger partial charge in [0, 0.05) is 6.42 Å². The van der Waals surface area contributed by atoms with E-state index in [1.807, 2.05) is 58.9 Å². The van der Waals surface area contributed by atoms with Crippen molar-refractivity contribution in [2.75, 3.05) is 0 Å². The first kappa shape index (κ1) is 16.5. The Balaban J connectivity index is 2.75. The molecule has 0 bridgehead atoms. The largest absolute Gasteiger partial charge is 0.491 e. The summed E-state index contributed by atoms with van der Waals surface area (Å²) < 4.78 is 11.0. The van der Waals surface area contributed by atoms with Gasteiger partial charge in [0.05, 0.1) is 6.10 Å². The van der Waals surface area contributed by atoms with E-state index in [4.69, 9.17) is 15.2 Å². The van der Waals surface area contributed by atoms with Crippen molar-refractivity contribution in [2.24, 2.45) is 5.73 Å². The molecule has 1 rings (SSSR count). The van der Waals surface area contributed by atoms with Crippen LogP contribution in [0.25, 0.3) is 0 Å². The van der Waals surface area contributed by atoms with Crippen molar-refractivity contribution in [1.29, 1.82) is 0 Å². The summed E-state index contributed by atoms with van der Waals surface area (Å²) in [6.45, 7) is 9.41. The summed E-state index contributed by atoms with van der Waals surface area (Å²) in [7, 11) is 0. The zero-order valence-electron chi connectivity index (χ0n) is 13.0. The van der Waals surface area contributed by atoms with E-state index < -0.39 is 17.6 Å². The van der Waals surface area contributed by atoms with Gasteiger partial charge in [0.1, 0.15) is 17.4 Å². The molecular weight excluding hydrogens is 254 g/mol. The number of carbonyl (C=O) groups excluding carboxylic acids is 1. The molecule has 0 aliphatic rings. The number of hydrogen-bond donors (Lipinski definition) is 1. The second-order valence-electron chi connectivity index (χ2n) is 6.12. The van der Waals surface area contributed by atoms with Crippen LogP contribution in [0.3, 0.4) is 0 Å². The molecule has 4 heteroatoms. The van der Waals surface area contributed by atoms with Gasteiger partial charge in [-0.15, -0.1) is 0 Å². The van der Waals surface area contributed by atoms with Crippen LogP contribution in [0.2, 0.25) is 0 Å². The van der Waals surface area contributed by atoms with E-state index in [2.05, 4.69) is 0 Å². The van der Waals surface area contributed by atoms with Crippen LogP contribution in [0, 0.1) is 0 Å². The van der Waals surface area contributed by atoms with E-state index in [9.17, 15) is 4.79 Å². The minimum atomic E-state index is -0.689. The molecule has 0 spiro atoms. The Morgan fingerprint density at radius 1 is 1.25 bits per heavy atom. The molecule has 0 amide bonds. The average molecular weight is 279 g/mol. The molecule has 112 valence electrons. The number of para-hydroxylation sites is 1. The topological polar surface area (TPSA) is 61.5 Å². The van der Waals surface area contributed by atoms with E-state index in [1.54, 1.807) is 0 Å². The molecule has 1 aromatic rings. The first-order valence-corrected chi connectivity index (χ1v) is 6.92. The molecule has 0 heterocycles. The number of esters is 1. The number of hydrogen-bond acceptors (Lipinski definition) is 4. The molecule has 0 radical (unpaired) electrons. The predicted octanol–water partition coefficient (Wildman–Crippen LogP) is 2.69. The Kier molecular flexibility index (Phi) is 5.57. The molecule has 0 aromatic heterocycles. The second kappa shape index (κ2) is 6.75. The number of ether oxygens (including phenoxy) is 2. The van der Waals surface area contributed by atoms with Gasteiger partial charge in [-0.05, 0) is 46.2 Å². The van der Waals surface area contributed by atoms with Crippen molar-refractivity contribution in [3.8, 4) is 5.75 Å². The molecule has 1 aromatic carbocycles. The van der Waals surface area contributed by atoms with Gasteiger partial charge in [-0.3, -0.25) is 4.79 Å². The Bertz CT molecular complexity index is 449. The minimum Gasteiger partial charge on any atom is -0.491 e. The van der Waals surface area contributed by atoms with Gasteiger partial charge in [0.25, 0.3) is 0 Å². The third kappa shape index (κ3) is 5.61. The Hall–Kier alpha value is -1.55. The van der Waals surface area contributed by atoms with Crippen molar-refractivity contribution < 1.29 is 14.3 Å². The lowest BCUT2D eigenvalue weighted by Crippen LogP contribution is -2.38. The lowest BCUT2D eigenvalue weighted by atomic mass is 10.1. The van der Waals surface area contributed by atoms with Gasteiger partial charge in [-0.25, -0.2) is 0 Å². The van der Waals surface area contributed by atoms with Crippen LogP contribution < -0.4 is 10.5 Å². The Morgan fingerprint density at radius 2 is 1.85 bits per heavy atom. The normalized spacial score (nSPS) is 13.2. The molecule has 0 saturated heterocycles. The summed E-state index contributed by atoms with van der Waals surface area (Å²) in [5.41, 5.74) is 6.32. The maximum absolute atomic E-state index is 11.9. The highest BCUT2D eigenvalue weighted by molar-refractivity contribution is 5.76. The molecule has 1 atom stereocenters. The van der Waals surface area contributed by atoms with Gasteiger partial charge in [-0.2, -0.15) is 0 Å². The molecule has 0 aliphatic heterocycles. The first-order chi connectivity index (χ1) is 9.19. The van der Waals surface area contributed by atoms with Crippen molar-refractivity contribution >= 4 is 5.97 Å². The Labute approximate surface area is 121 Å². The smallest absolute Gasteiger partial charge is 0.323 e. The van der Waals surface area contributed by atoms with Gasteiger partial charge >= 0.3 is 5.97 Å². The van der Waals surface area contributed by atoms with Crippen molar-refractivity contribution in [1.82, 2.24) is 0 Å². The summed E-state index contributed by atoms with van der Waals surface area (Å²) in [6.07, 6.45) is 0.478. The molecule has 1 unspecified atom stereocenters. The maximum Gasteiger partial charge on any atom is 0.323 e. The first-order valence-electron chi connectivity index (χ1n) is 6.92. The van der Waals surface area contributed by atoms with Crippen molar-refractivity contribution in [3.63, 3.8) is 0 Å². The molecular formula is C16H25NO3. The zero-order chi connectivity index (χ0) is 15.3. The molecule has 0 aliphatic carbocycles. The monoisotopic (exact) mass is 279 g/mol. The number of carbonyl (C=O) groups is 1. The van der Waals surface area contributed by atoms with E-state index in [1.165, 1.54) is 0 Å². The lowest BCUT2D eigenvalue weighted by molar-refractivity contribution is -0.156. The minimum absolute atomic E-state index is 0.0777. The van der Waals surface area contributed by atoms with E-state index in [0.717, 1.165) is 11.3 Å². The van der Waals surface area contributed by atoms with Gasteiger partial charge in [-0.1, -0.05) is 18.2 Å². The van der Waals surface area contributed by atoms with E-state index >= 15 is 0 Å². The standard InChI is InChI=1S/C16H25NO3/c1-11(2)19-14-9-7-6-8-12(14)10-13(17)15(18)20-16(3,4)5/h6-9,11,13H,10,17H2,1-5H3. The van der Waals surface area contributed by atoms with E-state index in [-0.39, 0.29) is 6.10 Å². The fourth-order valence-electron chi connectivity index (χ4n) is 1.74. The average Bonchev–Trinajstić information content (AvgIpc) is 2.28. The summed E-state index contributed by atoms with van der Waals surface area (Å²) in [6, 6.07) is 6.93. The SMILES string of the molecule is CC(C)Oc1ccccc1CC(N)C(=O)OC(C)(C)C. The molecule has 0 fully saturated rings. The summed E-state index contributed by atoms with van der Waals surface area (Å²) in [5, 5.41) is 0. The molecule has 0 saturated carbocycles. The predicted molar refractivity (Wildman–Crippen MR) is 79.7 cm³/mol. The van der Waals surface area contributed by atoms with Gasteiger partial charge in [0.15, 0.2) is 0 Å².